The van der Waals surface area contributed by atoms with Gasteiger partial charge in [0.05, 0.1) is 0 Å². The normalized spacial score (nSPS) is 12.3. The van der Waals surface area contributed by atoms with Gasteiger partial charge in [-0.3, -0.25) is 9.69 Å². The highest BCUT2D eigenvalue weighted by Gasteiger charge is 2.30. The number of carboxylic acids is 1. The summed E-state index contributed by atoms with van der Waals surface area (Å²) in [5, 5.41) is 9.12. The summed E-state index contributed by atoms with van der Waals surface area (Å²) in [4.78, 5) is 22.8. The van der Waals surface area contributed by atoms with Crippen LogP contribution in [0.15, 0.2) is 18.2 Å². The van der Waals surface area contributed by atoms with E-state index >= 15 is 0 Å². The minimum absolute atomic E-state index is 0.0432. The third-order valence-corrected chi connectivity index (χ3v) is 2.62. The van der Waals surface area contributed by atoms with Crippen LogP contribution in [0.3, 0.4) is 0 Å². The zero-order valence-corrected chi connectivity index (χ0v) is 10.6. The van der Waals surface area contributed by atoms with Crippen LogP contribution in [-0.4, -0.2) is 23.5 Å². The molecule has 0 saturated carbocycles. The Morgan fingerprint density at radius 1 is 1.37 bits per heavy atom. The van der Waals surface area contributed by atoms with Crippen molar-refractivity contribution in [3.8, 4) is 0 Å². The lowest BCUT2D eigenvalue weighted by atomic mass is 10.0. The smallest absolute Gasteiger partial charge is 0.326 e. The molecular formula is C13H15F2NO3. The Morgan fingerprint density at radius 3 is 2.26 bits per heavy atom. The lowest BCUT2D eigenvalue weighted by molar-refractivity contribution is -0.139. The first-order chi connectivity index (χ1) is 8.88. The summed E-state index contributed by atoms with van der Waals surface area (Å²) >= 11 is 0. The monoisotopic (exact) mass is 271 g/mol. The fourth-order valence-corrected chi connectivity index (χ4v) is 1.80. The number of aliphatic carboxylic acids is 1. The lowest BCUT2D eigenvalue weighted by Gasteiger charge is -2.26. The van der Waals surface area contributed by atoms with Gasteiger partial charge < -0.3 is 5.11 Å². The molecule has 0 aliphatic rings. The second-order valence-electron chi connectivity index (χ2n) is 4.57. The molecule has 1 atom stereocenters. The predicted molar refractivity (Wildman–Crippen MR) is 65.8 cm³/mol. The number of anilines is 1. The Hall–Kier alpha value is -1.98. The standard InChI is InChI=1S/C13H15F2NO3/c1-8(2)6-11(13(18)19)16(7-17)12-9(14)4-3-5-10(12)15/h3-5,7-8,11H,6H2,1-2H3,(H,18,19). The average molecular weight is 271 g/mol. The van der Waals surface area contributed by atoms with Crippen molar-refractivity contribution >= 4 is 18.1 Å². The number of para-hydroxylation sites is 1. The van der Waals surface area contributed by atoms with Crippen LogP contribution in [-0.2, 0) is 9.59 Å². The molecule has 1 N–H and O–H groups in total. The molecule has 0 aromatic heterocycles. The van der Waals surface area contributed by atoms with Gasteiger partial charge in [-0.1, -0.05) is 19.9 Å². The highest BCUT2D eigenvalue weighted by molar-refractivity contribution is 5.88. The van der Waals surface area contributed by atoms with Gasteiger partial charge in [0.2, 0.25) is 6.41 Å². The van der Waals surface area contributed by atoms with Crippen LogP contribution in [0.5, 0.6) is 0 Å². The average Bonchev–Trinajstić information content (AvgIpc) is 2.31. The first kappa shape index (κ1) is 15.1. The summed E-state index contributed by atoms with van der Waals surface area (Å²) in [6.45, 7) is 3.52. The second-order valence-corrected chi connectivity index (χ2v) is 4.57. The van der Waals surface area contributed by atoms with E-state index in [1.54, 1.807) is 13.8 Å². The first-order valence-electron chi connectivity index (χ1n) is 5.79. The lowest BCUT2D eigenvalue weighted by Crippen LogP contribution is -2.42. The van der Waals surface area contributed by atoms with E-state index < -0.39 is 29.3 Å². The van der Waals surface area contributed by atoms with Gasteiger partial charge in [-0.25, -0.2) is 13.6 Å². The zero-order chi connectivity index (χ0) is 14.6. The fourth-order valence-electron chi connectivity index (χ4n) is 1.80. The van der Waals surface area contributed by atoms with E-state index in [2.05, 4.69) is 0 Å². The molecule has 0 aliphatic heterocycles. The molecule has 0 heterocycles. The number of hydrogen-bond acceptors (Lipinski definition) is 2. The molecule has 1 amide bonds. The van der Waals surface area contributed by atoms with E-state index in [4.69, 9.17) is 5.11 Å². The van der Waals surface area contributed by atoms with E-state index in [0.29, 0.717) is 4.90 Å². The Kier molecular flexibility index (Phi) is 4.97. The minimum atomic E-state index is -1.30. The third kappa shape index (κ3) is 3.49. The topological polar surface area (TPSA) is 57.6 Å². The molecule has 1 unspecified atom stereocenters. The number of halogens is 2. The molecule has 1 aromatic carbocycles. The van der Waals surface area contributed by atoms with E-state index in [9.17, 15) is 18.4 Å². The van der Waals surface area contributed by atoms with Crippen LogP contribution >= 0.6 is 0 Å². The van der Waals surface area contributed by atoms with Crippen LogP contribution in [0.1, 0.15) is 20.3 Å². The van der Waals surface area contributed by atoms with Crippen molar-refractivity contribution in [3.63, 3.8) is 0 Å². The molecule has 1 aromatic rings. The maximum absolute atomic E-state index is 13.6. The summed E-state index contributed by atoms with van der Waals surface area (Å²) in [6.07, 6.45) is 0.241. The van der Waals surface area contributed by atoms with Crippen LogP contribution in [0.25, 0.3) is 0 Å². The second kappa shape index (κ2) is 6.26. The largest absolute Gasteiger partial charge is 0.480 e. The van der Waals surface area contributed by atoms with Crippen molar-refractivity contribution in [3.05, 3.63) is 29.8 Å². The zero-order valence-electron chi connectivity index (χ0n) is 10.6. The molecule has 0 fully saturated rings. The molecule has 104 valence electrons. The minimum Gasteiger partial charge on any atom is -0.480 e. The molecule has 19 heavy (non-hydrogen) atoms. The van der Waals surface area contributed by atoms with Gasteiger partial charge >= 0.3 is 5.97 Å². The van der Waals surface area contributed by atoms with E-state index in [-0.39, 0.29) is 18.7 Å². The Balaban J connectivity index is 3.24. The number of carbonyl (C=O) groups is 2. The molecule has 0 bridgehead atoms. The summed E-state index contributed by atoms with van der Waals surface area (Å²) in [5.74, 6) is -3.29. The summed E-state index contributed by atoms with van der Waals surface area (Å²) in [6, 6.07) is 1.80. The fraction of sp³-hybridized carbons (Fsp3) is 0.385. The maximum Gasteiger partial charge on any atom is 0.326 e. The van der Waals surface area contributed by atoms with Crippen LogP contribution in [0.2, 0.25) is 0 Å². The van der Waals surface area contributed by atoms with Crippen molar-refractivity contribution in [2.24, 2.45) is 5.92 Å². The van der Waals surface area contributed by atoms with E-state index in [0.717, 1.165) is 18.2 Å². The number of amides is 1. The highest BCUT2D eigenvalue weighted by atomic mass is 19.1. The number of rotatable bonds is 6. The van der Waals surface area contributed by atoms with Crippen molar-refractivity contribution in [2.75, 3.05) is 4.90 Å². The van der Waals surface area contributed by atoms with Crippen molar-refractivity contribution in [1.29, 1.82) is 0 Å². The van der Waals surface area contributed by atoms with Crippen LogP contribution in [0.4, 0.5) is 14.5 Å². The molecule has 0 aliphatic carbocycles. The number of hydrogen-bond donors (Lipinski definition) is 1. The number of carbonyl (C=O) groups excluding carboxylic acids is 1. The van der Waals surface area contributed by atoms with Gasteiger partial charge in [0.15, 0.2) is 0 Å². The van der Waals surface area contributed by atoms with E-state index in [1.165, 1.54) is 0 Å². The third-order valence-electron chi connectivity index (χ3n) is 2.62. The molecule has 0 radical (unpaired) electrons. The van der Waals surface area contributed by atoms with Crippen LogP contribution in [0, 0.1) is 17.6 Å². The van der Waals surface area contributed by atoms with Gasteiger partial charge in [0, 0.05) is 0 Å². The molecule has 0 saturated heterocycles. The van der Waals surface area contributed by atoms with Gasteiger partial charge in [-0.05, 0) is 24.5 Å². The summed E-state index contributed by atoms with van der Waals surface area (Å²) < 4.78 is 27.2. The molecule has 4 nitrogen and oxygen atoms in total. The summed E-state index contributed by atoms with van der Waals surface area (Å²) in [7, 11) is 0. The number of carboxylic acid groups (broad SMARTS) is 1. The molecular weight excluding hydrogens is 256 g/mol. The Labute approximate surface area is 109 Å². The first-order valence-corrected chi connectivity index (χ1v) is 5.79. The van der Waals surface area contributed by atoms with Crippen molar-refractivity contribution < 1.29 is 23.5 Å². The van der Waals surface area contributed by atoms with Gasteiger partial charge in [-0.2, -0.15) is 0 Å². The van der Waals surface area contributed by atoms with Gasteiger partial charge in [-0.15, -0.1) is 0 Å². The SMILES string of the molecule is CC(C)CC(C(=O)O)N(C=O)c1c(F)cccc1F. The Bertz CT molecular complexity index is 457. The summed E-state index contributed by atoms with van der Waals surface area (Å²) in [5.41, 5.74) is -0.634. The number of benzene rings is 1. The van der Waals surface area contributed by atoms with Gasteiger partial charge in [0.1, 0.15) is 23.4 Å². The number of nitrogens with zero attached hydrogens (tertiary/aromatic N) is 1. The van der Waals surface area contributed by atoms with Gasteiger partial charge in [0.25, 0.3) is 0 Å². The van der Waals surface area contributed by atoms with Crippen LogP contribution < -0.4 is 4.90 Å². The molecule has 1 rings (SSSR count). The highest BCUT2D eigenvalue weighted by Crippen LogP contribution is 2.26. The molecule has 6 heteroatoms. The predicted octanol–water partition coefficient (Wildman–Crippen LogP) is 2.43. The van der Waals surface area contributed by atoms with Crippen molar-refractivity contribution in [1.82, 2.24) is 0 Å². The quantitative estimate of drug-likeness (QED) is 0.808. The van der Waals surface area contributed by atoms with E-state index in [1.807, 2.05) is 0 Å². The van der Waals surface area contributed by atoms with Crippen molar-refractivity contribution in [2.45, 2.75) is 26.3 Å². The Morgan fingerprint density at radius 2 is 1.89 bits per heavy atom. The molecule has 0 spiro atoms. The maximum atomic E-state index is 13.6.